The largest absolute Gasteiger partial charge is 0.508 e. The Morgan fingerprint density at radius 3 is 2.24 bits per heavy atom. The number of hydrogen-bond acceptors (Lipinski definition) is 3. The van der Waals surface area contributed by atoms with Crippen LogP contribution >= 0.6 is 0 Å². The average Bonchev–Trinajstić information content (AvgIpc) is 2.30. The van der Waals surface area contributed by atoms with E-state index in [4.69, 9.17) is 0 Å². The van der Waals surface area contributed by atoms with Gasteiger partial charge in [-0.2, -0.15) is 0 Å². The lowest BCUT2D eigenvalue weighted by Crippen LogP contribution is -1.89. The molecule has 0 aliphatic carbocycles. The molecule has 0 fully saturated rings. The van der Waals surface area contributed by atoms with Crippen molar-refractivity contribution in [1.82, 2.24) is 0 Å². The van der Waals surface area contributed by atoms with Crippen LogP contribution in [0.2, 0.25) is 0 Å². The van der Waals surface area contributed by atoms with Gasteiger partial charge in [-0.25, -0.2) is 0 Å². The maximum Gasteiger partial charge on any atom is 0.165 e. The van der Waals surface area contributed by atoms with Crippen LogP contribution in [0.4, 0.5) is 0 Å². The number of phenols is 3. The van der Waals surface area contributed by atoms with Gasteiger partial charge in [0.25, 0.3) is 0 Å². The van der Waals surface area contributed by atoms with Crippen molar-refractivity contribution in [3.05, 3.63) is 41.5 Å². The van der Waals surface area contributed by atoms with Crippen molar-refractivity contribution in [2.24, 2.45) is 0 Å². The lowest BCUT2D eigenvalue weighted by molar-refractivity contribution is 0.405. The molecular formula is C14H14O3. The number of rotatable bonds is 1. The van der Waals surface area contributed by atoms with Gasteiger partial charge in [0, 0.05) is 5.56 Å². The van der Waals surface area contributed by atoms with Gasteiger partial charge in [0.2, 0.25) is 0 Å². The first-order valence-electron chi connectivity index (χ1n) is 5.33. The molecule has 0 bridgehead atoms. The fourth-order valence-corrected chi connectivity index (χ4v) is 1.98. The van der Waals surface area contributed by atoms with Crippen LogP contribution in [0.5, 0.6) is 17.2 Å². The second kappa shape index (κ2) is 4.01. The fraction of sp³-hybridized carbons (Fsp3) is 0.143. The van der Waals surface area contributed by atoms with E-state index in [1.54, 1.807) is 31.2 Å². The topological polar surface area (TPSA) is 60.7 Å². The molecule has 0 heterocycles. The molecule has 2 rings (SSSR count). The Labute approximate surface area is 99.6 Å². The second-order valence-electron chi connectivity index (χ2n) is 4.07. The van der Waals surface area contributed by atoms with Crippen molar-refractivity contribution in [1.29, 1.82) is 0 Å². The summed E-state index contributed by atoms with van der Waals surface area (Å²) in [7, 11) is 0. The number of benzene rings is 2. The highest BCUT2D eigenvalue weighted by Crippen LogP contribution is 2.41. The standard InChI is InChI=1S/C14H14O3/c1-8-6-7-11(15)9(2)13(8)10-4-3-5-12(16)14(10)17/h3-7,15-17H,1-2H3. The van der Waals surface area contributed by atoms with Crippen LogP contribution in [-0.2, 0) is 0 Å². The number of aromatic hydroxyl groups is 3. The maximum atomic E-state index is 9.86. The Bertz CT molecular complexity index is 574. The van der Waals surface area contributed by atoms with Crippen LogP contribution in [-0.4, -0.2) is 15.3 Å². The lowest BCUT2D eigenvalue weighted by atomic mass is 9.94. The predicted molar refractivity (Wildman–Crippen MR) is 66.3 cm³/mol. The smallest absolute Gasteiger partial charge is 0.165 e. The fourth-order valence-electron chi connectivity index (χ4n) is 1.98. The third-order valence-corrected chi connectivity index (χ3v) is 2.93. The van der Waals surface area contributed by atoms with Crippen molar-refractivity contribution in [3.8, 4) is 28.4 Å². The zero-order valence-electron chi connectivity index (χ0n) is 9.73. The highest BCUT2D eigenvalue weighted by molar-refractivity contribution is 5.79. The third-order valence-electron chi connectivity index (χ3n) is 2.93. The second-order valence-corrected chi connectivity index (χ2v) is 4.07. The van der Waals surface area contributed by atoms with Gasteiger partial charge in [0.05, 0.1) is 0 Å². The van der Waals surface area contributed by atoms with Crippen LogP contribution in [0.25, 0.3) is 11.1 Å². The van der Waals surface area contributed by atoms with E-state index in [-0.39, 0.29) is 17.2 Å². The summed E-state index contributed by atoms with van der Waals surface area (Å²) in [4.78, 5) is 0. The summed E-state index contributed by atoms with van der Waals surface area (Å²) in [5.41, 5.74) is 2.89. The summed E-state index contributed by atoms with van der Waals surface area (Å²) in [5.74, 6) is -0.151. The molecule has 88 valence electrons. The van der Waals surface area contributed by atoms with Gasteiger partial charge in [0.1, 0.15) is 5.75 Å². The van der Waals surface area contributed by atoms with Crippen LogP contribution in [0.1, 0.15) is 11.1 Å². The summed E-state index contributed by atoms with van der Waals surface area (Å²) in [6.45, 7) is 3.67. The lowest BCUT2D eigenvalue weighted by Gasteiger charge is -2.13. The Balaban J connectivity index is 2.77. The monoisotopic (exact) mass is 230 g/mol. The molecule has 0 radical (unpaired) electrons. The van der Waals surface area contributed by atoms with Crippen LogP contribution in [0.15, 0.2) is 30.3 Å². The Morgan fingerprint density at radius 2 is 1.53 bits per heavy atom. The van der Waals surface area contributed by atoms with E-state index in [0.717, 1.165) is 11.1 Å². The van der Waals surface area contributed by atoms with Gasteiger partial charge in [0.15, 0.2) is 11.5 Å². The van der Waals surface area contributed by atoms with Crippen LogP contribution < -0.4 is 0 Å². The molecule has 0 unspecified atom stereocenters. The maximum absolute atomic E-state index is 9.86. The number of phenolic OH excluding ortho intramolecular Hbond substituents is 3. The van der Waals surface area contributed by atoms with E-state index < -0.39 is 0 Å². The quantitative estimate of drug-likeness (QED) is 0.660. The third kappa shape index (κ3) is 1.80. The molecule has 0 atom stereocenters. The molecule has 17 heavy (non-hydrogen) atoms. The van der Waals surface area contributed by atoms with Crippen molar-refractivity contribution >= 4 is 0 Å². The Hall–Kier alpha value is -2.16. The molecule has 3 heteroatoms. The summed E-state index contributed by atoms with van der Waals surface area (Å²) in [5, 5.41) is 29.1. The van der Waals surface area contributed by atoms with Crippen LogP contribution in [0.3, 0.4) is 0 Å². The van der Waals surface area contributed by atoms with Gasteiger partial charge < -0.3 is 15.3 Å². The van der Waals surface area contributed by atoms with E-state index >= 15 is 0 Å². The minimum Gasteiger partial charge on any atom is -0.508 e. The molecule has 2 aromatic rings. The summed E-state index contributed by atoms with van der Waals surface area (Å²) < 4.78 is 0. The first-order valence-corrected chi connectivity index (χ1v) is 5.33. The summed E-state index contributed by atoms with van der Waals surface area (Å²) in [6.07, 6.45) is 0. The van der Waals surface area contributed by atoms with E-state index in [1.165, 1.54) is 6.07 Å². The Kier molecular flexibility index (Phi) is 2.68. The number of aryl methyl sites for hydroxylation is 1. The van der Waals surface area contributed by atoms with Crippen molar-refractivity contribution < 1.29 is 15.3 Å². The molecule has 3 nitrogen and oxygen atoms in total. The minimum absolute atomic E-state index is 0.162. The molecule has 0 saturated heterocycles. The first kappa shape index (κ1) is 11.3. The molecule has 0 spiro atoms. The molecular weight excluding hydrogens is 216 g/mol. The molecule has 0 aliphatic heterocycles. The van der Waals surface area contributed by atoms with Crippen molar-refractivity contribution in [2.45, 2.75) is 13.8 Å². The van der Waals surface area contributed by atoms with E-state index in [9.17, 15) is 15.3 Å². The zero-order chi connectivity index (χ0) is 12.6. The molecule has 2 aromatic carbocycles. The van der Waals surface area contributed by atoms with Gasteiger partial charge in [-0.3, -0.25) is 0 Å². The molecule has 0 saturated carbocycles. The highest BCUT2D eigenvalue weighted by Gasteiger charge is 2.14. The SMILES string of the molecule is Cc1ccc(O)c(C)c1-c1cccc(O)c1O. The van der Waals surface area contributed by atoms with Gasteiger partial charge in [-0.1, -0.05) is 18.2 Å². The molecule has 0 amide bonds. The zero-order valence-corrected chi connectivity index (χ0v) is 9.73. The first-order chi connectivity index (χ1) is 8.02. The van der Waals surface area contributed by atoms with Gasteiger partial charge >= 0.3 is 0 Å². The minimum atomic E-state index is -0.163. The highest BCUT2D eigenvalue weighted by atomic mass is 16.3. The van der Waals surface area contributed by atoms with E-state index in [0.29, 0.717) is 11.1 Å². The number of para-hydroxylation sites is 1. The molecule has 0 aromatic heterocycles. The van der Waals surface area contributed by atoms with E-state index in [1.807, 2.05) is 6.92 Å². The van der Waals surface area contributed by atoms with Gasteiger partial charge in [-0.05, 0) is 42.7 Å². The van der Waals surface area contributed by atoms with Crippen molar-refractivity contribution in [3.63, 3.8) is 0 Å². The normalized spacial score (nSPS) is 10.5. The van der Waals surface area contributed by atoms with Gasteiger partial charge in [-0.15, -0.1) is 0 Å². The molecule has 3 N–H and O–H groups in total. The van der Waals surface area contributed by atoms with E-state index in [2.05, 4.69) is 0 Å². The van der Waals surface area contributed by atoms with Crippen molar-refractivity contribution in [2.75, 3.05) is 0 Å². The molecule has 0 aliphatic rings. The summed E-state index contributed by atoms with van der Waals surface area (Å²) in [6, 6.07) is 8.19. The van der Waals surface area contributed by atoms with Crippen LogP contribution in [0, 0.1) is 13.8 Å². The number of hydrogen-bond donors (Lipinski definition) is 3. The average molecular weight is 230 g/mol. The Morgan fingerprint density at radius 1 is 0.824 bits per heavy atom. The summed E-state index contributed by atoms with van der Waals surface area (Å²) >= 11 is 0. The predicted octanol–water partition coefficient (Wildman–Crippen LogP) is 3.09.